The number of amides is 2. The number of pyridine rings is 1. The molecule has 3 heterocycles. The maximum Gasteiger partial charge on any atom is 0.410 e. The Bertz CT molecular complexity index is 1470. The first-order valence-electron chi connectivity index (χ1n) is 13.7. The Labute approximate surface area is 241 Å². The highest BCUT2D eigenvalue weighted by Crippen LogP contribution is 2.35. The summed E-state index contributed by atoms with van der Waals surface area (Å²) >= 11 is 0. The number of rotatable bonds is 5. The van der Waals surface area contributed by atoms with Crippen molar-refractivity contribution in [2.75, 3.05) is 31.1 Å². The lowest BCUT2D eigenvalue weighted by molar-refractivity contribution is 0.0240. The molecule has 1 N–H and O–H groups in total. The molecular formula is C31H38N6O4. The van der Waals surface area contributed by atoms with Crippen molar-refractivity contribution in [3.63, 3.8) is 0 Å². The van der Waals surface area contributed by atoms with Crippen LogP contribution in [-0.2, 0) is 16.7 Å². The molecule has 1 aliphatic heterocycles. The van der Waals surface area contributed by atoms with Crippen LogP contribution in [0.4, 0.5) is 10.5 Å². The van der Waals surface area contributed by atoms with Crippen LogP contribution in [0.25, 0.3) is 11.1 Å². The van der Waals surface area contributed by atoms with Gasteiger partial charge in [-0.2, -0.15) is 5.26 Å². The summed E-state index contributed by atoms with van der Waals surface area (Å²) in [4.78, 5) is 33.4. The molecule has 2 aromatic heterocycles. The summed E-state index contributed by atoms with van der Waals surface area (Å²) in [5.41, 5.74) is 4.37. The van der Waals surface area contributed by atoms with Crippen LogP contribution in [0.3, 0.4) is 0 Å². The van der Waals surface area contributed by atoms with Crippen LogP contribution in [-0.4, -0.2) is 58.8 Å². The smallest absolute Gasteiger partial charge is 0.410 e. The predicted molar refractivity (Wildman–Crippen MR) is 156 cm³/mol. The lowest BCUT2D eigenvalue weighted by atomic mass is 9.93. The Morgan fingerprint density at radius 1 is 1.07 bits per heavy atom. The fourth-order valence-electron chi connectivity index (χ4n) is 4.59. The number of hydrogen-bond acceptors (Lipinski definition) is 8. The SMILES string of the molecule is Cc1cc(-c2c(C#N)cncc2N2CCN(C(=O)OC(C)(C)C)CC2)ccc1CNC(=O)c1cc(C(C)(C)C)on1. The second-order valence-corrected chi connectivity index (χ2v) is 12.3. The minimum Gasteiger partial charge on any atom is -0.444 e. The quantitative estimate of drug-likeness (QED) is 0.453. The van der Waals surface area contributed by atoms with Gasteiger partial charge in [-0.3, -0.25) is 9.78 Å². The number of nitrogens with zero attached hydrogens (tertiary/aromatic N) is 5. The van der Waals surface area contributed by atoms with Crippen molar-refractivity contribution < 1.29 is 18.8 Å². The standard InChI is InChI=1S/C31H38N6O4/c1-20-14-21(8-9-22(20)18-34-28(38)24-15-26(41-35-24)30(2,3)4)27-23(16-32)17-33-19-25(27)36-10-12-37(13-11-36)29(39)40-31(5,6)7/h8-9,14-15,17,19H,10-13,18H2,1-7H3,(H,34,38). The van der Waals surface area contributed by atoms with Crippen LogP contribution in [0, 0.1) is 18.3 Å². The minimum absolute atomic E-state index is 0.238. The van der Waals surface area contributed by atoms with E-state index in [1.165, 1.54) is 0 Å². The molecule has 1 aliphatic rings. The number of ether oxygens (including phenoxy) is 1. The van der Waals surface area contributed by atoms with E-state index in [0.29, 0.717) is 44.0 Å². The molecule has 0 radical (unpaired) electrons. The Morgan fingerprint density at radius 3 is 2.37 bits per heavy atom. The molecule has 0 atom stereocenters. The van der Waals surface area contributed by atoms with Gasteiger partial charge in [0.1, 0.15) is 17.4 Å². The van der Waals surface area contributed by atoms with Crippen molar-refractivity contribution >= 4 is 17.7 Å². The monoisotopic (exact) mass is 558 g/mol. The van der Waals surface area contributed by atoms with Gasteiger partial charge < -0.3 is 24.4 Å². The van der Waals surface area contributed by atoms with Gasteiger partial charge in [-0.25, -0.2) is 4.79 Å². The van der Waals surface area contributed by atoms with E-state index in [-0.39, 0.29) is 23.1 Å². The molecule has 10 heteroatoms. The zero-order chi connectivity index (χ0) is 29.9. The lowest BCUT2D eigenvalue weighted by Crippen LogP contribution is -2.50. The molecule has 1 fully saturated rings. The number of piperazine rings is 1. The van der Waals surface area contributed by atoms with Crippen molar-refractivity contribution in [2.45, 2.75) is 66.0 Å². The highest BCUT2D eigenvalue weighted by Gasteiger charge is 2.28. The van der Waals surface area contributed by atoms with E-state index in [2.05, 4.69) is 26.4 Å². The minimum atomic E-state index is -0.550. The van der Waals surface area contributed by atoms with Crippen molar-refractivity contribution in [2.24, 2.45) is 0 Å². The number of carbonyl (C=O) groups excluding carboxylic acids is 2. The topological polar surface area (TPSA) is 125 Å². The van der Waals surface area contributed by atoms with E-state index in [9.17, 15) is 14.9 Å². The molecule has 0 spiro atoms. The van der Waals surface area contributed by atoms with Gasteiger partial charge >= 0.3 is 6.09 Å². The van der Waals surface area contributed by atoms with E-state index in [1.807, 2.05) is 66.7 Å². The summed E-state index contributed by atoms with van der Waals surface area (Å²) in [6.07, 6.45) is 3.02. The Morgan fingerprint density at radius 2 is 1.78 bits per heavy atom. The predicted octanol–water partition coefficient (Wildman–Crippen LogP) is 5.20. The fraction of sp³-hybridized carbons (Fsp3) is 0.452. The summed E-state index contributed by atoms with van der Waals surface area (Å²) in [5, 5.41) is 16.8. The number of benzene rings is 1. The molecule has 10 nitrogen and oxygen atoms in total. The van der Waals surface area contributed by atoms with Crippen LogP contribution in [0.15, 0.2) is 41.2 Å². The van der Waals surface area contributed by atoms with Gasteiger partial charge in [0.05, 0.1) is 17.4 Å². The molecule has 2 amide bonds. The summed E-state index contributed by atoms with van der Waals surface area (Å²) in [5.74, 6) is 0.345. The lowest BCUT2D eigenvalue weighted by Gasteiger charge is -2.37. The first-order valence-corrected chi connectivity index (χ1v) is 13.7. The number of aromatic nitrogens is 2. The maximum absolute atomic E-state index is 12.7. The third-order valence-electron chi connectivity index (χ3n) is 6.87. The van der Waals surface area contributed by atoms with E-state index >= 15 is 0 Å². The van der Waals surface area contributed by atoms with Crippen molar-refractivity contribution in [1.82, 2.24) is 20.4 Å². The second kappa shape index (κ2) is 11.6. The number of aryl methyl sites for hydroxylation is 1. The first kappa shape index (κ1) is 29.6. The van der Waals surface area contributed by atoms with Crippen LogP contribution < -0.4 is 10.2 Å². The molecule has 0 aliphatic carbocycles. The van der Waals surface area contributed by atoms with Crippen molar-refractivity contribution in [1.29, 1.82) is 5.26 Å². The highest BCUT2D eigenvalue weighted by molar-refractivity contribution is 5.92. The van der Waals surface area contributed by atoms with E-state index in [1.54, 1.807) is 23.4 Å². The highest BCUT2D eigenvalue weighted by atomic mass is 16.6. The number of nitrogens with one attached hydrogen (secondary N) is 1. The third kappa shape index (κ3) is 7.04. The van der Waals surface area contributed by atoms with Gasteiger partial charge in [-0.15, -0.1) is 0 Å². The molecule has 0 unspecified atom stereocenters. The Kier molecular flexibility index (Phi) is 8.38. The van der Waals surface area contributed by atoms with E-state index in [0.717, 1.165) is 27.9 Å². The number of carbonyl (C=O) groups is 2. The molecule has 41 heavy (non-hydrogen) atoms. The largest absolute Gasteiger partial charge is 0.444 e. The normalized spacial score (nSPS) is 14.0. The van der Waals surface area contributed by atoms with Gasteiger partial charge in [-0.1, -0.05) is 44.1 Å². The fourth-order valence-corrected chi connectivity index (χ4v) is 4.59. The summed E-state index contributed by atoms with van der Waals surface area (Å²) < 4.78 is 10.9. The van der Waals surface area contributed by atoms with Gasteiger partial charge in [0.25, 0.3) is 5.91 Å². The maximum atomic E-state index is 12.7. The van der Waals surface area contributed by atoms with Gasteiger partial charge in [0, 0.05) is 56.0 Å². The van der Waals surface area contributed by atoms with Crippen LogP contribution in [0.1, 0.15) is 74.5 Å². The number of anilines is 1. The molecule has 4 rings (SSSR count). The van der Waals surface area contributed by atoms with Gasteiger partial charge in [0.15, 0.2) is 5.69 Å². The molecule has 0 bridgehead atoms. The molecule has 0 saturated carbocycles. The summed E-state index contributed by atoms with van der Waals surface area (Å²) in [6, 6.07) is 9.89. The summed E-state index contributed by atoms with van der Waals surface area (Å²) in [7, 11) is 0. The van der Waals surface area contributed by atoms with Crippen molar-refractivity contribution in [3.05, 3.63) is 64.8 Å². The molecule has 3 aromatic rings. The number of hydrogen-bond donors (Lipinski definition) is 1. The van der Waals surface area contributed by atoms with Crippen LogP contribution >= 0.6 is 0 Å². The molecule has 216 valence electrons. The van der Waals surface area contributed by atoms with Crippen LogP contribution in [0.2, 0.25) is 0 Å². The van der Waals surface area contributed by atoms with E-state index in [4.69, 9.17) is 9.26 Å². The number of nitriles is 1. The van der Waals surface area contributed by atoms with E-state index < -0.39 is 5.60 Å². The Balaban J connectivity index is 1.50. The average Bonchev–Trinajstić information content (AvgIpc) is 3.42. The van der Waals surface area contributed by atoms with Gasteiger partial charge in [-0.05, 0) is 44.4 Å². The van der Waals surface area contributed by atoms with Crippen LogP contribution in [0.5, 0.6) is 0 Å². The zero-order valence-corrected chi connectivity index (χ0v) is 24.9. The molecule has 1 aromatic carbocycles. The second-order valence-electron chi connectivity index (χ2n) is 12.3. The Hall–Kier alpha value is -4.39. The van der Waals surface area contributed by atoms with Crippen molar-refractivity contribution in [3.8, 4) is 17.2 Å². The first-order chi connectivity index (χ1) is 19.3. The average molecular weight is 559 g/mol. The zero-order valence-electron chi connectivity index (χ0n) is 24.9. The van der Waals surface area contributed by atoms with Gasteiger partial charge in [0.2, 0.25) is 0 Å². The third-order valence-corrected chi connectivity index (χ3v) is 6.87. The summed E-state index contributed by atoms with van der Waals surface area (Å²) in [6.45, 7) is 16.0. The molecular weight excluding hydrogens is 520 g/mol. The molecule has 1 saturated heterocycles.